The van der Waals surface area contributed by atoms with Crippen LogP contribution in [0.25, 0.3) is 0 Å². The molecule has 0 bridgehead atoms. The smallest absolute Gasteiger partial charge is 0.277 e. The van der Waals surface area contributed by atoms with Gasteiger partial charge in [0.15, 0.2) is 5.78 Å². The summed E-state index contributed by atoms with van der Waals surface area (Å²) in [6.45, 7) is 6.46. The second kappa shape index (κ2) is 7.33. The van der Waals surface area contributed by atoms with E-state index in [1.54, 1.807) is 11.8 Å². The topological polar surface area (TPSA) is 56.0 Å². The van der Waals surface area contributed by atoms with Crippen LogP contribution in [-0.4, -0.2) is 28.0 Å². The van der Waals surface area contributed by atoms with E-state index in [2.05, 4.69) is 31.0 Å². The Kier molecular flexibility index (Phi) is 5.69. The Hall–Kier alpha value is -1.27. The van der Waals surface area contributed by atoms with Gasteiger partial charge in [0.25, 0.3) is 5.22 Å². The zero-order valence-corrected chi connectivity index (χ0v) is 14.9. The molecule has 0 unspecified atom stereocenters. The van der Waals surface area contributed by atoms with E-state index in [0.29, 0.717) is 28.2 Å². The van der Waals surface area contributed by atoms with E-state index in [0.717, 1.165) is 0 Å². The minimum atomic E-state index is 0.0649. The van der Waals surface area contributed by atoms with Gasteiger partial charge in [0.05, 0.1) is 11.5 Å². The number of carbonyl (C=O) groups excluding carboxylic acids is 1. The summed E-state index contributed by atoms with van der Waals surface area (Å²) in [5.74, 6) is 1.65. The average molecular weight is 336 g/mol. The van der Waals surface area contributed by atoms with Crippen molar-refractivity contribution < 1.29 is 9.21 Å². The highest BCUT2D eigenvalue weighted by molar-refractivity contribution is 7.99. The SMILES string of the molecule is CSCc1nnc(SCC(=O)c2ccc(C(C)(C)C)cc2)o1. The molecule has 2 rings (SSSR count). The lowest BCUT2D eigenvalue weighted by Gasteiger charge is -2.18. The van der Waals surface area contributed by atoms with Gasteiger partial charge in [-0.1, -0.05) is 56.8 Å². The highest BCUT2D eigenvalue weighted by Gasteiger charge is 2.15. The van der Waals surface area contributed by atoms with Gasteiger partial charge in [-0.05, 0) is 17.2 Å². The lowest BCUT2D eigenvalue weighted by molar-refractivity contribution is 0.102. The Morgan fingerprint density at radius 2 is 1.86 bits per heavy atom. The predicted molar refractivity (Wildman–Crippen MR) is 91.7 cm³/mol. The molecule has 0 radical (unpaired) electrons. The van der Waals surface area contributed by atoms with Crippen molar-refractivity contribution in [2.45, 2.75) is 37.2 Å². The number of aromatic nitrogens is 2. The van der Waals surface area contributed by atoms with Crippen LogP contribution in [0.15, 0.2) is 33.9 Å². The number of carbonyl (C=O) groups is 1. The first-order valence-corrected chi connectivity index (χ1v) is 9.36. The molecule has 22 heavy (non-hydrogen) atoms. The predicted octanol–water partition coefficient (Wildman–Crippen LogP) is 4.21. The first kappa shape index (κ1) is 17.1. The highest BCUT2D eigenvalue weighted by atomic mass is 32.2. The summed E-state index contributed by atoms with van der Waals surface area (Å²) in [6.07, 6.45) is 1.97. The minimum Gasteiger partial charge on any atom is -0.415 e. The zero-order valence-electron chi connectivity index (χ0n) is 13.3. The lowest BCUT2D eigenvalue weighted by atomic mass is 9.86. The molecule has 4 nitrogen and oxygen atoms in total. The van der Waals surface area contributed by atoms with Crippen LogP contribution in [0.2, 0.25) is 0 Å². The van der Waals surface area contributed by atoms with Crippen molar-refractivity contribution in [2.75, 3.05) is 12.0 Å². The van der Waals surface area contributed by atoms with Crippen molar-refractivity contribution in [3.05, 3.63) is 41.3 Å². The Balaban J connectivity index is 1.94. The van der Waals surface area contributed by atoms with E-state index in [1.165, 1.54) is 17.3 Å². The lowest BCUT2D eigenvalue weighted by Crippen LogP contribution is -2.11. The number of Topliss-reactive ketones (excluding diaryl/α,β-unsaturated/α-hetero) is 1. The van der Waals surface area contributed by atoms with Crippen molar-refractivity contribution in [3.8, 4) is 0 Å². The molecule has 0 spiro atoms. The maximum Gasteiger partial charge on any atom is 0.277 e. The molecule has 0 atom stereocenters. The van der Waals surface area contributed by atoms with Gasteiger partial charge in [-0.15, -0.1) is 10.2 Å². The summed E-state index contributed by atoms with van der Waals surface area (Å²) >= 11 is 2.90. The summed E-state index contributed by atoms with van der Waals surface area (Å²) < 4.78 is 5.44. The van der Waals surface area contributed by atoms with E-state index >= 15 is 0 Å². The van der Waals surface area contributed by atoms with E-state index in [1.807, 2.05) is 30.5 Å². The molecule has 0 saturated carbocycles. The summed E-state index contributed by atoms with van der Waals surface area (Å²) in [7, 11) is 0. The number of thioether (sulfide) groups is 2. The third-order valence-electron chi connectivity index (χ3n) is 3.12. The molecule has 0 saturated heterocycles. The monoisotopic (exact) mass is 336 g/mol. The highest BCUT2D eigenvalue weighted by Crippen LogP contribution is 2.23. The summed E-state index contributed by atoms with van der Waals surface area (Å²) in [4.78, 5) is 12.2. The van der Waals surface area contributed by atoms with Crippen LogP contribution in [0, 0.1) is 0 Å². The van der Waals surface area contributed by atoms with E-state index in [4.69, 9.17) is 4.42 Å². The van der Waals surface area contributed by atoms with Crippen LogP contribution in [0.5, 0.6) is 0 Å². The Morgan fingerprint density at radius 1 is 1.18 bits per heavy atom. The maximum atomic E-state index is 12.2. The summed E-state index contributed by atoms with van der Waals surface area (Å²) in [6, 6.07) is 7.80. The fourth-order valence-corrected chi connectivity index (χ4v) is 2.88. The third kappa shape index (κ3) is 4.61. The van der Waals surface area contributed by atoms with Crippen LogP contribution in [0.4, 0.5) is 0 Å². The molecule has 0 aliphatic heterocycles. The third-order valence-corrected chi connectivity index (χ3v) is 4.47. The fraction of sp³-hybridized carbons (Fsp3) is 0.438. The van der Waals surface area contributed by atoms with Gasteiger partial charge in [-0.25, -0.2) is 0 Å². The molecular weight excluding hydrogens is 316 g/mol. The van der Waals surface area contributed by atoms with Crippen molar-refractivity contribution >= 4 is 29.3 Å². The van der Waals surface area contributed by atoms with E-state index in [9.17, 15) is 4.79 Å². The van der Waals surface area contributed by atoms with Gasteiger partial charge in [0, 0.05) is 5.56 Å². The number of hydrogen-bond acceptors (Lipinski definition) is 6. The molecule has 0 amide bonds. The van der Waals surface area contributed by atoms with Crippen molar-refractivity contribution in [1.82, 2.24) is 10.2 Å². The Labute approximate surface area is 139 Å². The van der Waals surface area contributed by atoms with Crippen LogP contribution in [0.1, 0.15) is 42.6 Å². The molecule has 0 aliphatic rings. The second-order valence-corrected chi connectivity index (χ2v) is 7.73. The molecule has 1 heterocycles. The van der Waals surface area contributed by atoms with Crippen molar-refractivity contribution in [1.29, 1.82) is 0 Å². The molecule has 118 valence electrons. The van der Waals surface area contributed by atoms with Gasteiger partial charge in [0.2, 0.25) is 5.89 Å². The number of rotatable bonds is 6. The van der Waals surface area contributed by atoms with Crippen LogP contribution < -0.4 is 0 Å². The van der Waals surface area contributed by atoms with Crippen molar-refractivity contribution in [3.63, 3.8) is 0 Å². The van der Waals surface area contributed by atoms with Crippen molar-refractivity contribution in [2.24, 2.45) is 0 Å². The Bertz CT molecular complexity index is 630. The van der Waals surface area contributed by atoms with E-state index < -0.39 is 0 Å². The number of ketones is 1. The quantitative estimate of drug-likeness (QED) is 0.582. The second-order valence-electron chi connectivity index (χ2n) is 5.93. The Morgan fingerprint density at radius 3 is 2.45 bits per heavy atom. The number of nitrogens with zero attached hydrogens (tertiary/aromatic N) is 2. The maximum absolute atomic E-state index is 12.2. The standard InChI is InChI=1S/C16H20N2O2S2/c1-16(2,3)12-7-5-11(6-8-12)13(19)9-22-15-18-17-14(20-15)10-21-4/h5-8H,9-10H2,1-4H3. The van der Waals surface area contributed by atoms with Gasteiger partial charge in [0.1, 0.15) is 0 Å². The first-order valence-electron chi connectivity index (χ1n) is 6.98. The first-order chi connectivity index (χ1) is 10.4. The average Bonchev–Trinajstić information content (AvgIpc) is 2.92. The normalized spacial score (nSPS) is 11.6. The van der Waals surface area contributed by atoms with Gasteiger partial charge < -0.3 is 4.42 Å². The number of benzene rings is 1. The van der Waals surface area contributed by atoms with Gasteiger partial charge >= 0.3 is 0 Å². The van der Waals surface area contributed by atoms with Gasteiger partial charge in [-0.2, -0.15) is 11.8 Å². The largest absolute Gasteiger partial charge is 0.415 e. The summed E-state index contributed by atoms with van der Waals surface area (Å²) in [5.41, 5.74) is 2.02. The molecule has 6 heteroatoms. The molecule has 0 N–H and O–H groups in total. The summed E-state index contributed by atoms with van der Waals surface area (Å²) in [5, 5.41) is 8.30. The molecular formula is C16H20N2O2S2. The molecule has 0 fully saturated rings. The molecule has 1 aromatic carbocycles. The zero-order chi connectivity index (χ0) is 16.2. The molecule has 0 aliphatic carbocycles. The van der Waals surface area contributed by atoms with Gasteiger partial charge in [-0.3, -0.25) is 4.79 Å². The fourth-order valence-electron chi connectivity index (χ4n) is 1.85. The van der Waals surface area contributed by atoms with Crippen LogP contribution >= 0.6 is 23.5 Å². The van der Waals surface area contributed by atoms with Crippen LogP contribution in [0.3, 0.4) is 0 Å². The number of hydrogen-bond donors (Lipinski definition) is 0. The van der Waals surface area contributed by atoms with Crippen LogP contribution in [-0.2, 0) is 11.2 Å². The molecule has 2 aromatic rings. The minimum absolute atomic E-state index is 0.0649. The van der Waals surface area contributed by atoms with E-state index in [-0.39, 0.29) is 11.2 Å². The molecule has 1 aromatic heterocycles.